The molecule has 0 aliphatic heterocycles. The highest BCUT2D eigenvalue weighted by molar-refractivity contribution is 5.44. The van der Waals surface area contributed by atoms with E-state index in [2.05, 4.69) is 44.8 Å². The van der Waals surface area contributed by atoms with Crippen molar-refractivity contribution in [3.05, 3.63) is 53.2 Å². The van der Waals surface area contributed by atoms with E-state index in [4.69, 9.17) is 10.5 Å². The van der Waals surface area contributed by atoms with Crippen LogP contribution in [0.5, 0.6) is 11.6 Å². The number of nitrogens with two attached hydrogens (primary N) is 1. The predicted molar refractivity (Wildman–Crippen MR) is 86.8 cm³/mol. The van der Waals surface area contributed by atoms with E-state index in [-0.39, 0.29) is 11.5 Å². The Labute approximate surface area is 127 Å². The molecule has 3 heteroatoms. The first-order valence-electron chi connectivity index (χ1n) is 7.28. The van der Waals surface area contributed by atoms with Crippen LogP contribution < -0.4 is 10.5 Å². The molecule has 21 heavy (non-hydrogen) atoms. The maximum absolute atomic E-state index is 6.09. The van der Waals surface area contributed by atoms with Gasteiger partial charge in [-0.25, -0.2) is 4.98 Å². The van der Waals surface area contributed by atoms with Gasteiger partial charge in [0.15, 0.2) is 0 Å². The van der Waals surface area contributed by atoms with Gasteiger partial charge in [-0.2, -0.15) is 0 Å². The second-order valence-corrected chi connectivity index (χ2v) is 6.54. The fourth-order valence-corrected chi connectivity index (χ4v) is 2.26. The quantitative estimate of drug-likeness (QED) is 0.902. The van der Waals surface area contributed by atoms with E-state index < -0.39 is 0 Å². The number of hydrogen-bond acceptors (Lipinski definition) is 3. The fraction of sp³-hybridized carbons (Fsp3) is 0.389. The van der Waals surface area contributed by atoms with Crippen molar-refractivity contribution in [1.29, 1.82) is 0 Å². The van der Waals surface area contributed by atoms with Crippen LogP contribution >= 0.6 is 0 Å². The molecule has 0 saturated heterocycles. The van der Waals surface area contributed by atoms with Crippen LogP contribution in [0.2, 0.25) is 0 Å². The number of pyridine rings is 1. The third-order valence-electron chi connectivity index (χ3n) is 3.44. The zero-order chi connectivity index (χ0) is 15.6. The zero-order valence-electron chi connectivity index (χ0n) is 13.5. The van der Waals surface area contributed by atoms with Crippen LogP contribution in [-0.2, 0) is 5.41 Å². The molecule has 0 fully saturated rings. The van der Waals surface area contributed by atoms with Gasteiger partial charge < -0.3 is 10.5 Å². The van der Waals surface area contributed by atoms with E-state index in [1.807, 2.05) is 25.1 Å². The second-order valence-electron chi connectivity index (χ2n) is 6.54. The lowest BCUT2D eigenvalue weighted by atomic mass is 9.85. The summed E-state index contributed by atoms with van der Waals surface area (Å²) in [5, 5.41) is 0. The molecule has 2 N–H and O–H groups in total. The van der Waals surface area contributed by atoms with Crippen molar-refractivity contribution < 1.29 is 4.74 Å². The minimum Gasteiger partial charge on any atom is -0.438 e. The van der Waals surface area contributed by atoms with Gasteiger partial charge in [0.05, 0.1) is 0 Å². The third kappa shape index (κ3) is 3.61. The maximum Gasteiger partial charge on any atom is 0.223 e. The highest BCUT2D eigenvalue weighted by Gasteiger charge is 2.20. The van der Waals surface area contributed by atoms with Crippen LogP contribution in [0.4, 0.5) is 0 Å². The van der Waals surface area contributed by atoms with Crippen LogP contribution in [0, 0.1) is 6.92 Å². The van der Waals surface area contributed by atoms with Gasteiger partial charge in [0, 0.05) is 23.4 Å². The topological polar surface area (TPSA) is 48.1 Å². The van der Waals surface area contributed by atoms with Crippen molar-refractivity contribution in [3.63, 3.8) is 0 Å². The Kier molecular flexibility index (Phi) is 4.33. The van der Waals surface area contributed by atoms with Crippen molar-refractivity contribution in [2.45, 2.75) is 46.1 Å². The van der Waals surface area contributed by atoms with Crippen LogP contribution in [-0.4, -0.2) is 4.98 Å². The summed E-state index contributed by atoms with van der Waals surface area (Å²) in [6, 6.07) is 9.96. The molecule has 0 saturated carbocycles. The largest absolute Gasteiger partial charge is 0.438 e. The number of ether oxygens (including phenoxy) is 1. The smallest absolute Gasteiger partial charge is 0.223 e. The number of aromatic nitrogens is 1. The molecule has 0 amide bonds. The molecule has 112 valence electrons. The van der Waals surface area contributed by atoms with Gasteiger partial charge in [0.25, 0.3) is 0 Å². The standard InChI is InChI=1S/C18H24N2O/c1-12-8-9-16(15(11-12)18(3,4)5)21-17-14(13(2)19)7-6-10-20-17/h6-11,13H,19H2,1-5H3. The Hall–Kier alpha value is -1.87. The van der Waals surface area contributed by atoms with Crippen LogP contribution in [0.15, 0.2) is 36.5 Å². The Balaban J connectivity index is 2.46. The summed E-state index contributed by atoms with van der Waals surface area (Å²) in [6.07, 6.45) is 1.73. The maximum atomic E-state index is 6.09. The minimum atomic E-state index is -0.114. The van der Waals surface area contributed by atoms with Crippen molar-refractivity contribution in [2.75, 3.05) is 0 Å². The summed E-state index contributed by atoms with van der Waals surface area (Å²) in [5.41, 5.74) is 9.31. The van der Waals surface area contributed by atoms with Crippen LogP contribution in [0.3, 0.4) is 0 Å². The lowest BCUT2D eigenvalue weighted by molar-refractivity contribution is 0.431. The second kappa shape index (κ2) is 5.86. The first kappa shape index (κ1) is 15.5. The summed E-state index contributed by atoms with van der Waals surface area (Å²) in [4.78, 5) is 4.34. The normalized spacial score (nSPS) is 13.0. The highest BCUT2D eigenvalue weighted by atomic mass is 16.5. The fourth-order valence-electron chi connectivity index (χ4n) is 2.26. The molecule has 0 aliphatic rings. The Bertz CT molecular complexity index is 627. The van der Waals surface area contributed by atoms with E-state index in [1.54, 1.807) is 6.20 Å². The van der Waals surface area contributed by atoms with Gasteiger partial charge in [0.1, 0.15) is 5.75 Å². The molecule has 3 nitrogen and oxygen atoms in total. The lowest BCUT2D eigenvalue weighted by Gasteiger charge is -2.23. The SMILES string of the molecule is Cc1ccc(Oc2ncccc2C(C)N)c(C(C)(C)C)c1. The molecule has 0 radical (unpaired) electrons. The first-order valence-corrected chi connectivity index (χ1v) is 7.28. The summed E-state index contributed by atoms with van der Waals surface area (Å²) in [5.74, 6) is 1.43. The Morgan fingerprint density at radius 3 is 2.52 bits per heavy atom. The summed E-state index contributed by atoms with van der Waals surface area (Å²) >= 11 is 0. The molecular weight excluding hydrogens is 260 g/mol. The molecular formula is C18H24N2O. The van der Waals surface area contributed by atoms with Gasteiger partial charge in [-0.15, -0.1) is 0 Å². The van der Waals surface area contributed by atoms with Crippen molar-refractivity contribution in [1.82, 2.24) is 4.98 Å². The Morgan fingerprint density at radius 2 is 1.90 bits per heavy atom. The van der Waals surface area contributed by atoms with Crippen molar-refractivity contribution in [3.8, 4) is 11.6 Å². The van der Waals surface area contributed by atoms with Crippen molar-refractivity contribution in [2.24, 2.45) is 5.73 Å². The lowest BCUT2D eigenvalue weighted by Crippen LogP contribution is -2.14. The average Bonchev–Trinajstić information content (AvgIpc) is 2.40. The van der Waals surface area contributed by atoms with Gasteiger partial charge in [-0.05, 0) is 31.4 Å². The number of nitrogens with zero attached hydrogens (tertiary/aromatic N) is 1. The summed E-state index contributed by atoms with van der Waals surface area (Å²) in [6.45, 7) is 10.6. The molecule has 0 aliphatic carbocycles. The van der Waals surface area contributed by atoms with Crippen LogP contribution in [0.1, 0.15) is 50.4 Å². The number of hydrogen-bond donors (Lipinski definition) is 1. The Morgan fingerprint density at radius 1 is 1.19 bits per heavy atom. The van der Waals surface area contributed by atoms with E-state index in [1.165, 1.54) is 11.1 Å². The molecule has 1 atom stereocenters. The van der Waals surface area contributed by atoms with Gasteiger partial charge in [-0.3, -0.25) is 0 Å². The highest BCUT2D eigenvalue weighted by Crippen LogP contribution is 2.35. The molecule has 1 heterocycles. The molecule has 0 bridgehead atoms. The molecule has 2 rings (SSSR count). The third-order valence-corrected chi connectivity index (χ3v) is 3.44. The number of rotatable bonds is 3. The first-order chi connectivity index (χ1) is 9.79. The molecule has 2 aromatic rings. The van der Waals surface area contributed by atoms with E-state index >= 15 is 0 Å². The molecule has 0 spiro atoms. The van der Waals surface area contributed by atoms with Gasteiger partial charge >= 0.3 is 0 Å². The van der Waals surface area contributed by atoms with E-state index in [0.717, 1.165) is 11.3 Å². The van der Waals surface area contributed by atoms with Gasteiger partial charge in [-0.1, -0.05) is 44.5 Å². The molecule has 1 aromatic carbocycles. The van der Waals surface area contributed by atoms with Crippen molar-refractivity contribution >= 4 is 0 Å². The number of benzene rings is 1. The zero-order valence-corrected chi connectivity index (χ0v) is 13.5. The average molecular weight is 284 g/mol. The molecule has 1 aromatic heterocycles. The van der Waals surface area contributed by atoms with Gasteiger partial charge in [0.2, 0.25) is 5.88 Å². The van der Waals surface area contributed by atoms with E-state index in [9.17, 15) is 0 Å². The number of aryl methyl sites for hydroxylation is 1. The van der Waals surface area contributed by atoms with E-state index in [0.29, 0.717) is 5.88 Å². The summed E-state index contributed by atoms with van der Waals surface area (Å²) < 4.78 is 6.09. The monoisotopic (exact) mass is 284 g/mol. The van der Waals surface area contributed by atoms with Crippen LogP contribution in [0.25, 0.3) is 0 Å². The summed E-state index contributed by atoms with van der Waals surface area (Å²) in [7, 11) is 0. The molecule has 1 unspecified atom stereocenters. The predicted octanol–water partition coefficient (Wildman–Crippen LogP) is 4.50. The minimum absolute atomic E-state index is 0.00459.